The third-order valence-electron chi connectivity index (χ3n) is 6.59. The molecule has 0 fully saturated rings. The average Bonchev–Trinajstić information content (AvgIpc) is 3.30. The maximum absolute atomic E-state index is 14.4. The maximum atomic E-state index is 14.4. The molecule has 1 aliphatic heterocycles. The van der Waals surface area contributed by atoms with Crippen LogP contribution in [0.25, 0.3) is 6.08 Å². The number of carbonyl (C=O) groups excluding carboxylic acids is 1. The Morgan fingerprint density at radius 3 is 2.45 bits per heavy atom. The number of thiazole rings is 1. The standard InChI is InChI=1S/C31H23BrClF3N2O5S/c1-3-42-29(40)24-25(18-9-13-21(33)14-10-18)38-28(39)23(44-30(38)37-27(24)31(34,35)36)15-19-5-4-6-22(41-2)26(19)43-16-17-7-11-20(32)12-8-17/h4-15,25H,3,16H2,1-2H3/b23-15-/t25-/m0/s1. The van der Waals surface area contributed by atoms with E-state index in [4.69, 9.17) is 25.8 Å². The number of hydrogen-bond acceptors (Lipinski definition) is 7. The summed E-state index contributed by atoms with van der Waals surface area (Å²) in [4.78, 5) is 30.5. The fourth-order valence-electron chi connectivity index (χ4n) is 4.64. The molecule has 2 heterocycles. The molecule has 4 aromatic rings. The number of fused-ring (bicyclic) bond motifs is 1. The van der Waals surface area contributed by atoms with Gasteiger partial charge in [-0.25, -0.2) is 9.79 Å². The van der Waals surface area contributed by atoms with E-state index in [1.165, 1.54) is 44.4 Å². The lowest BCUT2D eigenvalue weighted by atomic mass is 9.95. The Bertz CT molecular complexity index is 1920. The van der Waals surface area contributed by atoms with E-state index < -0.39 is 35.0 Å². The number of nitrogens with zero attached hydrogens (tertiary/aromatic N) is 2. The van der Waals surface area contributed by atoms with Crippen LogP contribution in [-0.2, 0) is 16.1 Å². The molecule has 0 amide bonds. The molecule has 7 nitrogen and oxygen atoms in total. The van der Waals surface area contributed by atoms with Crippen LogP contribution in [0.1, 0.15) is 29.7 Å². The number of benzene rings is 3. The van der Waals surface area contributed by atoms with Crippen molar-refractivity contribution >= 4 is 50.9 Å². The summed E-state index contributed by atoms with van der Waals surface area (Å²) in [5, 5.41) is 0.326. The molecule has 228 valence electrons. The number of carbonyl (C=O) groups is 1. The van der Waals surface area contributed by atoms with Crippen LogP contribution in [0.2, 0.25) is 5.02 Å². The number of esters is 1. The molecule has 0 saturated carbocycles. The van der Waals surface area contributed by atoms with Crippen molar-refractivity contribution in [3.8, 4) is 11.5 Å². The van der Waals surface area contributed by atoms with Crippen LogP contribution in [-0.4, -0.2) is 30.4 Å². The highest BCUT2D eigenvalue weighted by Gasteiger charge is 2.45. The summed E-state index contributed by atoms with van der Waals surface area (Å²) in [6.45, 7) is 1.48. The maximum Gasteiger partial charge on any atom is 0.434 e. The van der Waals surface area contributed by atoms with E-state index in [0.717, 1.165) is 25.9 Å². The van der Waals surface area contributed by atoms with Crippen molar-refractivity contribution < 1.29 is 32.2 Å². The van der Waals surface area contributed by atoms with E-state index in [0.29, 0.717) is 22.1 Å². The third kappa shape index (κ3) is 6.47. The van der Waals surface area contributed by atoms with Crippen LogP contribution in [0.4, 0.5) is 13.2 Å². The number of methoxy groups -OCH3 is 1. The van der Waals surface area contributed by atoms with Crippen LogP contribution < -0.4 is 24.4 Å². The zero-order valence-electron chi connectivity index (χ0n) is 23.2. The first-order valence-electron chi connectivity index (χ1n) is 13.1. The topological polar surface area (TPSA) is 79.1 Å². The van der Waals surface area contributed by atoms with Crippen molar-refractivity contribution in [2.24, 2.45) is 4.99 Å². The molecule has 0 saturated heterocycles. The van der Waals surface area contributed by atoms with Crippen molar-refractivity contribution in [1.82, 2.24) is 4.57 Å². The van der Waals surface area contributed by atoms with Crippen LogP contribution in [0.15, 0.2) is 92.3 Å². The van der Waals surface area contributed by atoms with Crippen LogP contribution in [0.5, 0.6) is 11.5 Å². The Morgan fingerprint density at radius 2 is 1.82 bits per heavy atom. The van der Waals surface area contributed by atoms with Gasteiger partial charge in [0.15, 0.2) is 22.0 Å². The van der Waals surface area contributed by atoms with Crippen molar-refractivity contribution in [2.45, 2.75) is 25.7 Å². The van der Waals surface area contributed by atoms with Gasteiger partial charge >= 0.3 is 12.1 Å². The minimum atomic E-state index is -5.01. The SMILES string of the molecule is CCOC(=O)C1=C(C(F)(F)F)N=c2s/c(=C\c3cccc(OC)c3OCc3ccc(Br)cc3)c(=O)n2[C@H]1c1ccc(Cl)cc1. The van der Waals surface area contributed by atoms with Gasteiger partial charge in [0.2, 0.25) is 0 Å². The molecule has 13 heteroatoms. The quantitative estimate of drug-likeness (QED) is 0.200. The molecule has 1 atom stereocenters. The second kappa shape index (κ2) is 13.0. The molecule has 1 aromatic heterocycles. The second-order valence-electron chi connectivity index (χ2n) is 9.41. The molecule has 5 rings (SSSR count). The van der Waals surface area contributed by atoms with Gasteiger partial charge in [-0.15, -0.1) is 0 Å². The van der Waals surface area contributed by atoms with Gasteiger partial charge in [0.25, 0.3) is 5.56 Å². The zero-order valence-corrected chi connectivity index (χ0v) is 26.3. The Labute approximate surface area is 266 Å². The van der Waals surface area contributed by atoms with E-state index in [2.05, 4.69) is 20.9 Å². The Hall–Kier alpha value is -3.87. The summed E-state index contributed by atoms with van der Waals surface area (Å²) in [7, 11) is 1.47. The van der Waals surface area contributed by atoms with Crippen molar-refractivity contribution in [1.29, 1.82) is 0 Å². The highest BCUT2D eigenvalue weighted by atomic mass is 79.9. The fourth-order valence-corrected chi connectivity index (χ4v) is 6.02. The molecular formula is C31H23BrClF3N2O5S. The zero-order chi connectivity index (χ0) is 31.6. The molecule has 0 unspecified atom stereocenters. The Morgan fingerprint density at radius 1 is 1.11 bits per heavy atom. The summed E-state index contributed by atoms with van der Waals surface area (Å²) in [6, 6.07) is 17.0. The number of ether oxygens (including phenoxy) is 3. The molecule has 0 spiro atoms. The first kappa shape index (κ1) is 31.6. The van der Waals surface area contributed by atoms with E-state index >= 15 is 0 Å². The van der Waals surface area contributed by atoms with Gasteiger partial charge in [-0.2, -0.15) is 13.2 Å². The Kier molecular flexibility index (Phi) is 9.33. The average molecular weight is 708 g/mol. The molecule has 0 N–H and O–H groups in total. The van der Waals surface area contributed by atoms with E-state index in [-0.39, 0.29) is 28.1 Å². The molecule has 0 bridgehead atoms. The minimum Gasteiger partial charge on any atom is -0.493 e. The van der Waals surface area contributed by atoms with Crippen LogP contribution in [0, 0.1) is 0 Å². The number of alkyl halides is 3. The number of hydrogen-bond donors (Lipinski definition) is 0. The van der Waals surface area contributed by atoms with Gasteiger partial charge in [0.05, 0.1) is 29.9 Å². The first-order chi connectivity index (χ1) is 21.0. The smallest absolute Gasteiger partial charge is 0.434 e. The predicted octanol–water partition coefficient (Wildman–Crippen LogP) is 6.34. The Balaban J connectivity index is 1.70. The largest absolute Gasteiger partial charge is 0.493 e. The highest BCUT2D eigenvalue weighted by molar-refractivity contribution is 9.10. The van der Waals surface area contributed by atoms with E-state index in [1.54, 1.807) is 18.2 Å². The van der Waals surface area contributed by atoms with Gasteiger partial charge in [-0.1, -0.05) is 75.3 Å². The number of halogens is 5. The van der Waals surface area contributed by atoms with Crippen molar-refractivity contribution in [3.05, 3.63) is 124 Å². The molecule has 44 heavy (non-hydrogen) atoms. The lowest BCUT2D eigenvalue weighted by Gasteiger charge is -2.26. The summed E-state index contributed by atoms with van der Waals surface area (Å²) in [5.41, 5.74) is -1.32. The summed E-state index contributed by atoms with van der Waals surface area (Å²) in [5.74, 6) is -0.498. The molecule has 0 radical (unpaired) electrons. The van der Waals surface area contributed by atoms with Crippen LogP contribution >= 0.6 is 38.9 Å². The lowest BCUT2D eigenvalue weighted by Crippen LogP contribution is -2.41. The van der Waals surface area contributed by atoms with Gasteiger partial charge in [-0.3, -0.25) is 9.36 Å². The lowest BCUT2D eigenvalue weighted by molar-refractivity contribution is -0.140. The van der Waals surface area contributed by atoms with Crippen molar-refractivity contribution in [3.63, 3.8) is 0 Å². The first-order valence-corrected chi connectivity index (χ1v) is 15.1. The normalized spacial score (nSPS) is 15.1. The number of allylic oxidation sites excluding steroid dienone is 1. The van der Waals surface area contributed by atoms with Gasteiger partial charge in [0, 0.05) is 15.1 Å². The monoisotopic (exact) mass is 706 g/mol. The van der Waals surface area contributed by atoms with Crippen molar-refractivity contribution in [2.75, 3.05) is 13.7 Å². The molecule has 3 aromatic carbocycles. The van der Waals surface area contributed by atoms with Crippen LogP contribution in [0.3, 0.4) is 0 Å². The summed E-state index contributed by atoms with van der Waals surface area (Å²) < 4.78 is 61.8. The third-order valence-corrected chi connectivity index (χ3v) is 8.36. The summed E-state index contributed by atoms with van der Waals surface area (Å²) in [6.07, 6.45) is -3.51. The number of aromatic nitrogens is 1. The van der Waals surface area contributed by atoms with Gasteiger partial charge < -0.3 is 14.2 Å². The highest BCUT2D eigenvalue weighted by Crippen LogP contribution is 2.39. The number of rotatable bonds is 8. The number of para-hydroxylation sites is 1. The molecule has 1 aliphatic rings. The molecular weight excluding hydrogens is 685 g/mol. The summed E-state index contributed by atoms with van der Waals surface area (Å²) >= 11 is 10.2. The predicted molar refractivity (Wildman–Crippen MR) is 164 cm³/mol. The van der Waals surface area contributed by atoms with Gasteiger partial charge in [-0.05, 0) is 54.5 Å². The second-order valence-corrected chi connectivity index (χ2v) is 11.8. The van der Waals surface area contributed by atoms with E-state index in [9.17, 15) is 22.8 Å². The molecule has 0 aliphatic carbocycles. The fraction of sp³-hybridized carbons (Fsp3) is 0.194. The van der Waals surface area contributed by atoms with E-state index in [1.807, 2.05) is 24.3 Å². The van der Waals surface area contributed by atoms with Gasteiger partial charge in [0.1, 0.15) is 6.61 Å². The minimum absolute atomic E-state index is 0.0658.